The van der Waals surface area contributed by atoms with E-state index in [9.17, 15) is 9.59 Å². The van der Waals surface area contributed by atoms with Crippen LogP contribution in [0.4, 0.5) is 0 Å². The van der Waals surface area contributed by atoms with Gasteiger partial charge in [0.1, 0.15) is 0 Å². The van der Waals surface area contributed by atoms with Gasteiger partial charge in [0.05, 0.1) is 16.5 Å². The van der Waals surface area contributed by atoms with Gasteiger partial charge in [0.2, 0.25) is 0 Å². The predicted octanol–water partition coefficient (Wildman–Crippen LogP) is 3.24. The summed E-state index contributed by atoms with van der Waals surface area (Å²) in [6.07, 6.45) is 6.57. The van der Waals surface area contributed by atoms with Crippen molar-refractivity contribution in [2.24, 2.45) is 7.05 Å². The first kappa shape index (κ1) is 16.6. The summed E-state index contributed by atoms with van der Waals surface area (Å²) in [5.41, 5.74) is 3.24. The van der Waals surface area contributed by atoms with Crippen molar-refractivity contribution in [2.45, 2.75) is 38.1 Å². The first-order valence-electron chi connectivity index (χ1n) is 9.09. The van der Waals surface area contributed by atoms with Gasteiger partial charge in [-0.25, -0.2) is 0 Å². The first-order chi connectivity index (χ1) is 12.6. The highest BCUT2D eigenvalue weighted by Gasteiger charge is 2.30. The number of aryl methyl sites for hydroxylation is 2. The number of hydrogen-bond acceptors (Lipinski definition) is 2. The maximum absolute atomic E-state index is 12.9. The van der Waals surface area contributed by atoms with E-state index < -0.39 is 0 Å². The molecule has 4 rings (SSSR count). The van der Waals surface area contributed by atoms with Crippen LogP contribution in [0.25, 0.3) is 10.9 Å². The lowest BCUT2D eigenvalue weighted by Crippen LogP contribution is -2.36. The third kappa shape index (κ3) is 2.73. The number of aromatic amines is 1. The van der Waals surface area contributed by atoms with Gasteiger partial charge in [-0.05, 0) is 30.9 Å². The summed E-state index contributed by atoms with van der Waals surface area (Å²) in [7, 11) is 1.71. The summed E-state index contributed by atoms with van der Waals surface area (Å²) in [4.78, 5) is 28.6. The van der Waals surface area contributed by atoms with Gasteiger partial charge < -0.3 is 14.9 Å². The van der Waals surface area contributed by atoms with E-state index in [0.29, 0.717) is 16.9 Å². The molecule has 2 atom stereocenters. The van der Waals surface area contributed by atoms with Crippen LogP contribution in [0.15, 0.2) is 47.5 Å². The smallest absolute Gasteiger partial charge is 0.260 e. The van der Waals surface area contributed by atoms with Crippen molar-refractivity contribution in [2.75, 3.05) is 0 Å². The standard InChI is InChI=1S/C21H23N3O2/c1-13-12-24(2)21(26)18-16(11-22-19(13)18)20(25)23-17-10-6-9-15(17)14-7-4-3-5-8-14/h3-5,7-8,11-12,15,17,22H,6,9-10H2,1-2H3,(H,23,25)/t15-,17?/m0/s1. The van der Waals surface area contributed by atoms with Crippen LogP contribution in [0.1, 0.15) is 46.7 Å². The normalized spacial score (nSPS) is 19.8. The van der Waals surface area contributed by atoms with E-state index in [1.165, 1.54) is 10.1 Å². The van der Waals surface area contributed by atoms with Crippen LogP contribution in [0.2, 0.25) is 0 Å². The number of fused-ring (bicyclic) bond motifs is 1. The largest absolute Gasteiger partial charge is 0.360 e. The number of amides is 1. The van der Waals surface area contributed by atoms with E-state index in [1.54, 1.807) is 19.4 Å². The Bertz CT molecular complexity index is 1020. The van der Waals surface area contributed by atoms with E-state index in [0.717, 1.165) is 30.3 Å². The van der Waals surface area contributed by atoms with Crippen molar-refractivity contribution in [3.05, 3.63) is 69.8 Å². The molecule has 2 N–H and O–H groups in total. The van der Waals surface area contributed by atoms with Crippen LogP contribution in [0.3, 0.4) is 0 Å². The van der Waals surface area contributed by atoms with Crippen molar-refractivity contribution in [1.29, 1.82) is 0 Å². The number of pyridine rings is 1. The number of benzene rings is 1. The zero-order valence-corrected chi connectivity index (χ0v) is 15.1. The zero-order valence-electron chi connectivity index (χ0n) is 15.1. The molecule has 1 saturated carbocycles. The summed E-state index contributed by atoms with van der Waals surface area (Å²) in [6, 6.07) is 10.4. The Hall–Kier alpha value is -2.82. The number of aromatic nitrogens is 2. The molecule has 134 valence electrons. The minimum absolute atomic E-state index is 0.100. The Balaban J connectivity index is 1.65. The van der Waals surface area contributed by atoms with E-state index >= 15 is 0 Å². The minimum Gasteiger partial charge on any atom is -0.360 e. The minimum atomic E-state index is -0.174. The predicted molar refractivity (Wildman–Crippen MR) is 103 cm³/mol. The topological polar surface area (TPSA) is 66.9 Å². The average molecular weight is 349 g/mol. The molecule has 3 aromatic rings. The molecule has 2 aromatic heterocycles. The number of rotatable bonds is 3. The molecule has 26 heavy (non-hydrogen) atoms. The number of hydrogen-bond donors (Lipinski definition) is 2. The number of carbonyl (C=O) groups is 1. The van der Waals surface area contributed by atoms with Gasteiger partial charge in [0.25, 0.3) is 11.5 Å². The second kappa shape index (κ2) is 6.48. The molecule has 1 aliphatic rings. The third-order valence-electron chi connectivity index (χ3n) is 5.50. The lowest BCUT2D eigenvalue weighted by atomic mass is 9.94. The summed E-state index contributed by atoms with van der Waals surface area (Å²) >= 11 is 0. The Morgan fingerprint density at radius 1 is 1.23 bits per heavy atom. The highest BCUT2D eigenvalue weighted by molar-refractivity contribution is 6.07. The first-order valence-corrected chi connectivity index (χ1v) is 9.09. The van der Waals surface area contributed by atoms with Gasteiger partial charge in [0, 0.05) is 31.4 Å². The third-order valence-corrected chi connectivity index (χ3v) is 5.50. The molecular formula is C21H23N3O2. The Labute approximate surface area is 152 Å². The molecule has 1 fully saturated rings. The molecule has 1 amide bonds. The van der Waals surface area contributed by atoms with Crippen LogP contribution in [0, 0.1) is 6.92 Å². The fourth-order valence-electron chi connectivity index (χ4n) is 4.20. The number of H-pyrrole nitrogens is 1. The molecule has 1 aromatic carbocycles. The van der Waals surface area contributed by atoms with Gasteiger partial charge in [-0.15, -0.1) is 0 Å². The number of carbonyl (C=O) groups excluding carboxylic acids is 1. The molecule has 2 heterocycles. The Kier molecular flexibility index (Phi) is 4.15. The molecule has 5 heteroatoms. The van der Waals surface area contributed by atoms with Gasteiger partial charge in [-0.2, -0.15) is 0 Å². The highest BCUT2D eigenvalue weighted by Crippen LogP contribution is 2.34. The molecule has 5 nitrogen and oxygen atoms in total. The second-order valence-corrected chi connectivity index (χ2v) is 7.21. The molecule has 0 radical (unpaired) electrons. The SMILES string of the molecule is Cc1cn(C)c(=O)c2c(C(=O)NC3CCC[C@H]3c3ccccc3)c[nH]c12. The summed E-state index contributed by atoms with van der Waals surface area (Å²) < 4.78 is 1.53. The van der Waals surface area contributed by atoms with Crippen molar-refractivity contribution in [1.82, 2.24) is 14.9 Å². The maximum atomic E-state index is 12.9. The Morgan fingerprint density at radius 2 is 2.00 bits per heavy atom. The van der Waals surface area contributed by atoms with Crippen molar-refractivity contribution >= 4 is 16.8 Å². The molecule has 0 spiro atoms. The Morgan fingerprint density at radius 3 is 2.77 bits per heavy atom. The monoisotopic (exact) mass is 349 g/mol. The van der Waals surface area contributed by atoms with Crippen molar-refractivity contribution in [3.8, 4) is 0 Å². The van der Waals surface area contributed by atoms with Gasteiger partial charge in [0.15, 0.2) is 0 Å². The maximum Gasteiger partial charge on any atom is 0.260 e. The van der Waals surface area contributed by atoms with E-state index in [4.69, 9.17) is 0 Å². The lowest BCUT2D eigenvalue weighted by molar-refractivity contribution is 0.0936. The number of nitrogens with one attached hydrogen (secondary N) is 2. The van der Waals surface area contributed by atoms with Crippen molar-refractivity contribution < 1.29 is 4.79 Å². The molecule has 1 unspecified atom stereocenters. The van der Waals surface area contributed by atoms with Crippen LogP contribution >= 0.6 is 0 Å². The second-order valence-electron chi connectivity index (χ2n) is 7.21. The molecule has 0 aliphatic heterocycles. The van der Waals surface area contributed by atoms with Crippen molar-refractivity contribution in [3.63, 3.8) is 0 Å². The van der Waals surface area contributed by atoms with Crippen LogP contribution < -0.4 is 10.9 Å². The lowest BCUT2D eigenvalue weighted by Gasteiger charge is -2.21. The quantitative estimate of drug-likeness (QED) is 0.762. The molecule has 0 bridgehead atoms. The van der Waals surface area contributed by atoms with Gasteiger partial charge in [-0.1, -0.05) is 36.8 Å². The summed E-state index contributed by atoms with van der Waals surface area (Å²) in [5, 5.41) is 3.65. The van der Waals surface area contributed by atoms with E-state index in [-0.39, 0.29) is 17.5 Å². The van der Waals surface area contributed by atoms with Crippen LogP contribution in [0.5, 0.6) is 0 Å². The fourth-order valence-corrected chi connectivity index (χ4v) is 4.20. The van der Waals surface area contributed by atoms with Crippen LogP contribution in [-0.2, 0) is 7.05 Å². The zero-order chi connectivity index (χ0) is 18.3. The van der Waals surface area contributed by atoms with Gasteiger partial charge in [-0.3, -0.25) is 9.59 Å². The molecule has 1 aliphatic carbocycles. The van der Waals surface area contributed by atoms with E-state index in [2.05, 4.69) is 22.4 Å². The highest BCUT2D eigenvalue weighted by atomic mass is 16.2. The molecule has 0 saturated heterocycles. The number of nitrogens with zero attached hydrogens (tertiary/aromatic N) is 1. The molecular weight excluding hydrogens is 326 g/mol. The summed E-state index contributed by atoms with van der Waals surface area (Å²) in [5.74, 6) is 0.154. The van der Waals surface area contributed by atoms with E-state index in [1.807, 2.05) is 25.1 Å². The fraction of sp³-hybridized carbons (Fsp3) is 0.333. The van der Waals surface area contributed by atoms with Crippen LogP contribution in [-0.4, -0.2) is 21.5 Å². The average Bonchev–Trinajstić information content (AvgIpc) is 3.27. The van der Waals surface area contributed by atoms with Gasteiger partial charge >= 0.3 is 0 Å². The summed E-state index contributed by atoms with van der Waals surface area (Å²) in [6.45, 7) is 1.93.